The van der Waals surface area contributed by atoms with E-state index in [1.165, 1.54) is 6.26 Å². The van der Waals surface area contributed by atoms with Crippen LogP contribution in [-0.4, -0.2) is 19.7 Å². The topological polar surface area (TPSA) is 47.0 Å². The summed E-state index contributed by atoms with van der Waals surface area (Å²) < 4.78 is 23.5. The van der Waals surface area contributed by atoms with Gasteiger partial charge in [-0.15, -0.1) is 0 Å². The van der Waals surface area contributed by atoms with Gasteiger partial charge in [0.05, 0.1) is 4.90 Å². The molecule has 1 aromatic carbocycles. The van der Waals surface area contributed by atoms with Crippen LogP contribution in [0.3, 0.4) is 0 Å². The maximum atomic E-state index is 11.3. The lowest BCUT2D eigenvalue weighted by Crippen LogP contribution is -1.96. The zero-order chi connectivity index (χ0) is 12.5. The zero-order valence-electron chi connectivity index (χ0n) is 9.09. The molecule has 0 aliphatic heterocycles. The Morgan fingerprint density at radius 3 is 2.24 bits per heavy atom. The molecule has 3 nitrogen and oxygen atoms in total. The van der Waals surface area contributed by atoms with Crippen molar-refractivity contribution in [1.29, 1.82) is 0 Å². The number of hydrogen-bond donors (Lipinski definition) is 0. The van der Waals surface area contributed by atoms with E-state index >= 15 is 0 Å². The third-order valence-electron chi connectivity index (χ3n) is 2.32. The van der Waals surface area contributed by atoms with Gasteiger partial charge in [0.1, 0.15) is 0 Å². The first-order chi connectivity index (χ1) is 7.97. The molecule has 0 aliphatic rings. The highest BCUT2D eigenvalue weighted by atomic mass is 79.9. The Balaban J connectivity index is 2.43. The maximum absolute atomic E-state index is 11.3. The number of nitrogens with zero attached hydrogens (tertiary/aromatic N) is 1. The molecule has 0 saturated carbocycles. The van der Waals surface area contributed by atoms with Gasteiger partial charge in [0.25, 0.3) is 0 Å². The summed E-state index contributed by atoms with van der Waals surface area (Å²) in [6, 6.07) is 8.69. The van der Waals surface area contributed by atoms with E-state index in [1.807, 2.05) is 6.07 Å². The Hall–Kier alpha value is -1.20. The number of benzene rings is 1. The molecule has 1 aromatic heterocycles. The first-order valence-corrected chi connectivity index (χ1v) is 7.56. The second-order valence-corrected chi connectivity index (χ2v) is 6.62. The first-order valence-electron chi connectivity index (χ1n) is 4.88. The molecule has 5 heteroatoms. The highest BCUT2D eigenvalue weighted by Crippen LogP contribution is 2.23. The van der Waals surface area contributed by atoms with Gasteiger partial charge < -0.3 is 0 Å². The summed E-state index contributed by atoms with van der Waals surface area (Å²) in [6.45, 7) is 0. The van der Waals surface area contributed by atoms with Gasteiger partial charge in [-0.2, -0.15) is 0 Å². The minimum absolute atomic E-state index is 0.323. The lowest BCUT2D eigenvalue weighted by molar-refractivity contribution is 0.602. The molecule has 2 rings (SSSR count). The maximum Gasteiger partial charge on any atom is 0.175 e. The molecule has 0 fully saturated rings. The van der Waals surface area contributed by atoms with Crippen LogP contribution in [0.2, 0.25) is 0 Å². The van der Waals surface area contributed by atoms with Gasteiger partial charge in [0.2, 0.25) is 0 Å². The lowest BCUT2D eigenvalue weighted by atomic mass is 10.1. The van der Waals surface area contributed by atoms with Crippen LogP contribution in [0.5, 0.6) is 0 Å². The van der Waals surface area contributed by atoms with Crippen LogP contribution < -0.4 is 0 Å². The minimum atomic E-state index is -3.13. The summed E-state index contributed by atoms with van der Waals surface area (Å²) in [4.78, 5) is 4.39. The normalized spacial score (nSPS) is 11.4. The van der Waals surface area contributed by atoms with Crippen LogP contribution in [0.25, 0.3) is 11.1 Å². The van der Waals surface area contributed by atoms with Gasteiger partial charge in [0, 0.05) is 28.7 Å². The molecule has 17 heavy (non-hydrogen) atoms. The molecule has 0 radical (unpaired) electrons. The van der Waals surface area contributed by atoms with E-state index in [2.05, 4.69) is 20.9 Å². The molecule has 0 bridgehead atoms. The van der Waals surface area contributed by atoms with Gasteiger partial charge in [-0.1, -0.05) is 12.1 Å². The van der Waals surface area contributed by atoms with Crippen molar-refractivity contribution in [2.24, 2.45) is 0 Å². The Labute approximate surface area is 109 Å². The van der Waals surface area contributed by atoms with Crippen molar-refractivity contribution in [2.75, 3.05) is 6.26 Å². The van der Waals surface area contributed by atoms with Crippen molar-refractivity contribution in [3.8, 4) is 11.1 Å². The highest BCUT2D eigenvalue weighted by molar-refractivity contribution is 9.10. The standard InChI is InChI=1S/C12H10BrNO2S/c1-17(15,16)12-4-2-9(3-5-12)10-6-11(13)8-14-7-10/h2-8H,1H3. The van der Waals surface area contributed by atoms with Gasteiger partial charge in [-0.05, 0) is 39.7 Å². The predicted octanol–water partition coefficient (Wildman–Crippen LogP) is 2.91. The second-order valence-electron chi connectivity index (χ2n) is 3.69. The molecule has 0 amide bonds. The van der Waals surface area contributed by atoms with Gasteiger partial charge in [-0.25, -0.2) is 8.42 Å². The fraction of sp³-hybridized carbons (Fsp3) is 0.0833. The van der Waals surface area contributed by atoms with E-state index in [0.29, 0.717) is 4.90 Å². The summed E-state index contributed by atoms with van der Waals surface area (Å²) in [5.74, 6) is 0. The first kappa shape index (κ1) is 12.3. The molecule has 0 saturated heterocycles. The van der Waals surface area contributed by atoms with E-state index in [-0.39, 0.29) is 0 Å². The molecule has 2 aromatic rings. The van der Waals surface area contributed by atoms with Crippen LogP contribution in [-0.2, 0) is 9.84 Å². The number of hydrogen-bond acceptors (Lipinski definition) is 3. The largest absolute Gasteiger partial charge is 0.263 e. The average molecular weight is 312 g/mol. The number of sulfone groups is 1. The van der Waals surface area contributed by atoms with Crippen molar-refractivity contribution in [3.63, 3.8) is 0 Å². The molecule has 0 spiro atoms. The van der Waals surface area contributed by atoms with Crippen molar-refractivity contribution in [2.45, 2.75) is 4.90 Å². The molecule has 0 unspecified atom stereocenters. The monoisotopic (exact) mass is 311 g/mol. The van der Waals surface area contributed by atoms with Gasteiger partial charge in [0.15, 0.2) is 9.84 Å². The van der Waals surface area contributed by atoms with E-state index < -0.39 is 9.84 Å². The molecule has 0 N–H and O–H groups in total. The second kappa shape index (κ2) is 4.58. The van der Waals surface area contributed by atoms with Crippen LogP contribution in [0.15, 0.2) is 52.1 Å². The highest BCUT2D eigenvalue weighted by Gasteiger charge is 2.06. The fourth-order valence-electron chi connectivity index (χ4n) is 1.46. The van der Waals surface area contributed by atoms with E-state index in [1.54, 1.807) is 36.7 Å². The van der Waals surface area contributed by atoms with Gasteiger partial charge in [-0.3, -0.25) is 4.98 Å². The Kier molecular flexibility index (Phi) is 3.31. The lowest BCUT2D eigenvalue weighted by Gasteiger charge is -2.03. The molecular formula is C12H10BrNO2S. The number of rotatable bonds is 2. The van der Waals surface area contributed by atoms with Crippen LogP contribution >= 0.6 is 15.9 Å². The van der Waals surface area contributed by atoms with E-state index in [0.717, 1.165) is 15.6 Å². The SMILES string of the molecule is CS(=O)(=O)c1ccc(-c2cncc(Br)c2)cc1. The van der Waals surface area contributed by atoms with Crippen molar-refractivity contribution < 1.29 is 8.42 Å². The summed E-state index contributed by atoms with van der Waals surface area (Å²) in [7, 11) is -3.13. The number of halogens is 1. The Bertz CT molecular complexity index is 636. The van der Waals surface area contributed by atoms with Crippen LogP contribution in [0.1, 0.15) is 0 Å². The molecule has 0 atom stereocenters. The molecule has 1 heterocycles. The third-order valence-corrected chi connectivity index (χ3v) is 3.88. The number of pyridine rings is 1. The molecule has 0 aliphatic carbocycles. The fourth-order valence-corrected chi connectivity index (χ4v) is 2.46. The minimum Gasteiger partial charge on any atom is -0.263 e. The molecule has 88 valence electrons. The van der Waals surface area contributed by atoms with Crippen molar-refractivity contribution >= 4 is 25.8 Å². The zero-order valence-corrected chi connectivity index (χ0v) is 11.5. The number of aromatic nitrogens is 1. The van der Waals surface area contributed by atoms with Gasteiger partial charge >= 0.3 is 0 Å². The summed E-state index contributed by atoms with van der Waals surface area (Å²) >= 11 is 3.35. The average Bonchev–Trinajstić information content (AvgIpc) is 2.28. The van der Waals surface area contributed by atoms with Crippen LogP contribution in [0, 0.1) is 0 Å². The summed E-state index contributed by atoms with van der Waals surface area (Å²) in [6.07, 6.45) is 4.64. The third kappa shape index (κ3) is 2.92. The Morgan fingerprint density at radius 1 is 1.06 bits per heavy atom. The Morgan fingerprint density at radius 2 is 1.71 bits per heavy atom. The predicted molar refractivity (Wildman–Crippen MR) is 70.5 cm³/mol. The van der Waals surface area contributed by atoms with E-state index in [9.17, 15) is 8.42 Å². The van der Waals surface area contributed by atoms with Crippen molar-refractivity contribution in [1.82, 2.24) is 4.98 Å². The summed E-state index contributed by atoms with van der Waals surface area (Å²) in [5, 5.41) is 0. The summed E-state index contributed by atoms with van der Waals surface area (Å²) in [5.41, 5.74) is 1.88. The molecular weight excluding hydrogens is 302 g/mol. The quantitative estimate of drug-likeness (QED) is 0.856. The van der Waals surface area contributed by atoms with E-state index in [4.69, 9.17) is 0 Å². The van der Waals surface area contributed by atoms with Crippen molar-refractivity contribution in [3.05, 3.63) is 47.2 Å². The van der Waals surface area contributed by atoms with Crippen LogP contribution in [0.4, 0.5) is 0 Å². The smallest absolute Gasteiger partial charge is 0.175 e.